The molecule has 3 rings (SSSR count). The Hall–Kier alpha value is 0.250. The van der Waals surface area contributed by atoms with Crippen molar-refractivity contribution < 1.29 is 16.9 Å². The van der Waals surface area contributed by atoms with Gasteiger partial charge >= 0.3 is 0 Å². The van der Waals surface area contributed by atoms with Gasteiger partial charge in [0.15, 0.2) is 0 Å². The van der Waals surface area contributed by atoms with Gasteiger partial charge in [0.05, 0.1) is 26.2 Å². The molecule has 1 nitrogen and oxygen atoms in total. The Labute approximate surface area is 127 Å². The minimum atomic E-state index is 0. The van der Waals surface area contributed by atoms with Crippen molar-refractivity contribution in [2.75, 3.05) is 26.2 Å². The quantitative estimate of drug-likeness (QED) is 0.448. The van der Waals surface area contributed by atoms with E-state index in [0.29, 0.717) is 0 Å². The number of piperidine rings is 3. The van der Waals surface area contributed by atoms with E-state index >= 15 is 0 Å². The minimum Gasteiger partial charge on any atom is -1.00 e. The van der Waals surface area contributed by atoms with Gasteiger partial charge in [-0.1, -0.05) is 45.4 Å². The summed E-state index contributed by atoms with van der Waals surface area (Å²) in [5.41, 5.74) is 0. The second-order valence-electron chi connectivity index (χ2n) is 6.94. The number of hydrogen-bond donors (Lipinski definition) is 0. The third-order valence-electron chi connectivity index (χ3n) is 5.52. The molecule has 0 unspecified atom stereocenters. The Bertz CT molecular complexity index is 208. The first-order valence-corrected chi connectivity index (χ1v) is 8.70. The van der Waals surface area contributed by atoms with E-state index in [1.54, 1.807) is 0 Å². The summed E-state index contributed by atoms with van der Waals surface area (Å²) in [6, 6.07) is 0. The lowest BCUT2D eigenvalue weighted by Crippen LogP contribution is -3.00. The van der Waals surface area contributed by atoms with Gasteiger partial charge in [0.25, 0.3) is 0 Å². The first-order valence-electron chi connectivity index (χ1n) is 8.70. The average Bonchev–Trinajstić information content (AvgIpc) is 2.44. The zero-order valence-electron chi connectivity index (χ0n) is 13.0. The fourth-order valence-electron chi connectivity index (χ4n) is 4.05. The predicted molar refractivity (Wildman–Crippen MR) is 79.7 cm³/mol. The molecule has 3 fully saturated rings. The number of halogens is 1. The Kier molecular flexibility index (Phi) is 8.41. The van der Waals surface area contributed by atoms with Crippen molar-refractivity contribution in [3.8, 4) is 0 Å². The van der Waals surface area contributed by atoms with Crippen LogP contribution < -0.4 is 12.4 Å². The van der Waals surface area contributed by atoms with Crippen LogP contribution in [-0.4, -0.2) is 30.7 Å². The topological polar surface area (TPSA) is 0 Å². The number of nitrogens with zero attached hydrogens (tertiary/aromatic N) is 1. The molecule has 0 saturated carbocycles. The van der Waals surface area contributed by atoms with Crippen molar-refractivity contribution in [2.24, 2.45) is 5.92 Å². The van der Waals surface area contributed by atoms with E-state index in [9.17, 15) is 0 Å². The van der Waals surface area contributed by atoms with Crippen LogP contribution >= 0.6 is 0 Å². The first kappa shape index (κ1) is 17.3. The van der Waals surface area contributed by atoms with E-state index in [4.69, 9.17) is 0 Å². The van der Waals surface area contributed by atoms with Crippen LogP contribution in [0.1, 0.15) is 77.6 Å². The molecule has 3 heterocycles. The number of hydrogen-bond acceptors (Lipinski definition) is 0. The molecule has 19 heavy (non-hydrogen) atoms. The Morgan fingerprint density at radius 2 is 1.21 bits per heavy atom. The lowest BCUT2D eigenvalue weighted by atomic mass is 9.85. The molecule has 0 atom stereocenters. The largest absolute Gasteiger partial charge is 1.00 e. The maximum atomic E-state index is 2.30. The highest BCUT2D eigenvalue weighted by Crippen LogP contribution is 2.33. The normalized spacial score (nSPS) is 29.2. The van der Waals surface area contributed by atoms with Crippen LogP contribution in [0, 0.1) is 5.92 Å². The van der Waals surface area contributed by atoms with Crippen LogP contribution in [0.3, 0.4) is 0 Å². The Balaban J connectivity index is 0.00000180. The molecule has 3 aliphatic heterocycles. The number of rotatable bonds is 9. The fraction of sp³-hybridized carbons (Fsp3) is 1.00. The van der Waals surface area contributed by atoms with Crippen molar-refractivity contribution in [3.63, 3.8) is 0 Å². The number of fused-ring (bicyclic) bond motifs is 3. The molecule has 0 aromatic carbocycles. The molecular weight excluding hydrogens is 254 g/mol. The monoisotopic (exact) mass is 287 g/mol. The maximum absolute atomic E-state index is 2.30. The standard InChI is InChI=1S/C17H34N.ClH/c1-2-3-4-5-6-7-8-9-13-18-14-10-17(11-15-18)12-16-18;/h17H,2-16H2,1H3;1H/q+1;/p-1. The second kappa shape index (κ2) is 9.23. The summed E-state index contributed by atoms with van der Waals surface area (Å²) in [6.45, 7) is 8.35. The second-order valence-corrected chi connectivity index (χ2v) is 6.94. The van der Waals surface area contributed by atoms with E-state index in [1.165, 1.54) is 101 Å². The van der Waals surface area contributed by atoms with Crippen molar-refractivity contribution in [2.45, 2.75) is 77.6 Å². The van der Waals surface area contributed by atoms with Gasteiger partial charge in [0.1, 0.15) is 0 Å². The van der Waals surface area contributed by atoms with Gasteiger partial charge in [-0.2, -0.15) is 0 Å². The molecule has 0 aromatic heterocycles. The molecule has 0 aromatic rings. The van der Waals surface area contributed by atoms with E-state index in [1.807, 2.05) is 0 Å². The van der Waals surface area contributed by atoms with Crippen LogP contribution in [0.4, 0.5) is 0 Å². The molecule has 0 amide bonds. The number of unbranched alkanes of at least 4 members (excludes halogenated alkanes) is 7. The van der Waals surface area contributed by atoms with Crippen molar-refractivity contribution in [1.82, 2.24) is 0 Å². The molecule has 114 valence electrons. The van der Waals surface area contributed by atoms with Crippen molar-refractivity contribution in [1.29, 1.82) is 0 Å². The van der Waals surface area contributed by atoms with Crippen LogP contribution in [0.25, 0.3) is 0 Å². The minimum absolute atomic E-state index is 0. The smallest absolute Gasteiger partial charge is 0.0789 e. The summed E-state index contributed by atoms with van der Waals surface area (Å²) in [6.07, 6.45) is 16.4. The van der Waals surface area contributed by atoms with Gasteiger partial charge in [-0.25, -0.2) is 0 Å². The third-order valence-corrected chi connectivity index (χ3v) is 5.52. The van der Waals surface area contributed by atoms with Gasteiger partial charge in [-0.3, -0.25) is 0 Å². The molecule has 0 aliphatic carbocycles. The summed E-state index contributed by atoms with van der Waals surface area (Å²) < 4.78 is 1.51. The molecule has 0 N–H and O–H groups in total. The molecule has 2 heteroatoms. The molecule has 3 aliphatic rings. The highest BCUT2D eigenvalue weighted by molar-refractivity contribution is 4.71. The average molecular weight is 288 g/mol. The summed E-state index contributed by atoms with van der Waals surface area (Å²) in [5.74, 6) is 1.11. The van der Waals surface area contributed by atoms with E-state index in [2.05, 4.69) is 6.92 Å². The highest BCUT2D eigenvalue weighted by Gasteiger charge is 2.38. The summed E-state index contributed by atoms with van der Waals surface area (Å²) >= 11 is 0. The fourth-order valence-corrected chi connectivity index (χ4v) is 4.05. The number of quaternary nitrogens is 1. The lowest BCUT2D eigenvalue weighted by Gasteiger charge is -2.49. The highest BCUT2D eigenvalue weighted by atomic mass is 35.5. The van der Waals surface area contributed by atoms with Gasteiger partial charge in [-0.05, 0) is 38.0 Å². The van der Waals surface area contributed by atoms with E-state index in [-0.39, 0.29) is 12.4 Å². The van der Waals surface area contributed by atoms with Crippen LogP contribution in [0.2, 0.25) is 0 Å². The van der Waals surface area contributed by atoms with Gasteiger partial charge in [0, 0.05) is 0 Å². The Morgan fingerprint density at radius 3 is 1.74 bits per heavy atom. The summed E-state index contributed by atoms with van der Waals surface area (Å²) in [7, 11) is 0. The van der Waals surface area contributed by atoms with E-state index in [0.717, 1.165) is 5.92 Å². The summed E-state index contributed by atoms with van der Waals surface area (Å²) in [4.78, 5) is 0. The molecule has 0 spiro atoms. The zero-order valence-corrected chi connectivity index (χ0v) is 13.8. The lowest BCUT2D eigenvalue weighted by molar-refractivity contribution is -0.942. The van der Waals surface area contributed by atoms with Crippen LogP contribution in [0.15, 0.2) is 0 Å². The molecule has 0 radical (unpaired) electrons. The van der Waals surface area contributed by atoms with Crippen LogP contribution in [-0.2, 0) is 0 Å². The van der Waals surface area contributed by atoms with Crippen LogP contribution in [0.5, 0.6) is 0 Å². The molecule has 2 bridgehead atoms. The van der Waals surface area contributed by atoms with Gasteiger partial charge < -0.3 is 16.9 Å². The van der Waals surface area contributed by atoms with Gasteiger partial charge in [0.2, 0.25) is 0 Å². The summed E-state index contributed by atoms with van der Waals surface area (Å²) in [5, 5.41) is 0. The zero-order chi connectivity index (χ0) is 12.7. The molecular formula is C17H34ClN. The van der Waals surface area contributed by atoms with E-state index < -0.39 is 0 Å². The van der Waals surface area contributed by atoms with Crippen molar-refractivity contribution in [3.05, 3.63) is 0 Å². The molecule has 3 saturated heterocycles. The predicted octanol–water partition coefficient (Wildman–Crippen LogP) is 1.76. The third kappa shape index (κ3) is 5.63. The maximum Gasteiger partial charge on any atom is 0.0789 e. The first-order chi connectivity index (χ1) is 8.85. The van der Waals surface area contributed by atoms with Crippen molar-refractivity contribution >= 4 is 0 Å². The van der Waals surface area contributed by atoms with Gasteiger partial charge in [-0.15, -0.1) is 0 Å². The SMILES string of the molecule is CCCCCCCCCC[N+]12CCC(CC1)CC2.[Cl-]. The Morgan fingerprint density at radius 1 is 0.737 bits per heavy atom.